The van der Waals surface area contributed by atoms with Gasteiger partial charge in [-0.25, -0.2) is 4.98 Å². The zero-order valence-corrected chi connectivity index (χ0v) is 13.5. The average Bonchev–Trinajstić information content (AvgIpc) is 3.32. The molecule has 3 nitrogen and oxygen atoms in total. The summed E-state index contributed by atoms with van der Waals surface area (Å²) < 4.78 is 6.01. The van der Waals surface area contributed by atoms with Gasteiger partial charge in [0.25, 0.3) is 0 Å². The Kier molecular flexibility index (Phi) is 4.29. The molecule has 0 atom stereocenters. The molecule has 119 valence electrons. The van der Waals surface area contributed by atoms with E-state index in [4.69, 9.17) is 4.74 Å². The summed E-state index contributed by atoms with van der Waals surface area (Å²) in [6.45, 7) is 4.27. The van der Waals surface area contributed by atoms with Gasteiger partial charge in [0.1, 0.15) is 12.4 Å². The lowest BCUT2D eigenvalue weighted by Crippen LogP contribution is -2.25. The van der Waals surface area contributed by atoms with Gasteiger partial charge < -0.3 is 4.74 Å². The molecule has 23 heavy (non-hydrogen) atoms. The molecule has 0 bridgehead atoms. The number of aromatic nitrogens is 1. The van der Waals surface area contributed by atoms with Gasteiger partial charge in [0, 0.05) is 12.1 Å². The second kappa shape index (κ2) is 6.71. The first-order chi connectivity index (χ1) is 11.4. The molecule has 0 N–H and O–H groups in total. The van der Waals surface area contributed by atoms with Crippen LogP contribution in [0.1, 0.15) is 37.2 Å². The first-order valence-corrected chi connectivity index (χ1v) is 8.73. The fourth-order valence-electron chi connectivity index (χ4n) is 3.37. The molecule has 1 saturated heterocycles. The van der Waals surface area contributed by atoms with E-state index >= 15 is 0 Å². The van der Waals surface area contributed by atoms with Crippen molar-refractivity contribution in [1.82, 2.24) is 9.88 Å². The van der Waals surface area contributed by atoms with Crippen molar-refractivity contribution in [2.45, 2.75) is 31.6 Å². The van der Waals surface area contributed by atoms with Crippen LogP contribution in [0, 0.1) is 6.20 Å². The van der Waals surface area contributed by atoms with E-state index in [1.165, 1.54) is 49.9 Å². The summed E-state index contributed by atoms with van der Waals surface area (Å²) in [5.41, 5.74) is 3.63. The van der Waals surface area contributed by atoms with E-state index in [1.54, 1.807) is 0 Å². The van der Waals surface area contributed by atoms with E-state index in [1.807, 2.05) is 12.1 Å². The highest BCUT2D eigenvalue weighted by atomic mass is 16.5. The smallest absolute Gasteiger partial charge is 0.119 e. The number of ether oxygens (including phenoxy) is 1. The molecule has 3 heteroatoms. The number of hydrogen-bond donors (Lipinski definition) is 0. The van der Waals surface area contributed by atoms with Gasteiger partial charge in [0.2, 0.25) is 0 Å². The molecule has 0 spiro atoms. The minimum absolute atomic E-state index is 0.675. The largest absolute Gasteiger partial charge is 0.492 e. The maximum Gasteiger partial charge on any atom is 0.119 e. The number of hydrogen-bond acceptors (Lipinski definition) is 3. The summed E-state index contributed by atoms with van der Waals surface area (Å²) in [6.07, 6.45) is 8.17. The minimum atomic E-state index is 0.675. The van der Waals surface area contributed by atoms with Crippen molar-refractivity contribution in [3.63, 3.8) is 0 Å². The monoisotopic (exact) mass is 307 g/mol. The Hall–Kier alpha value is -1.87. The van der Waals surface area contributed by atoms with Gasteiger partial charge in [-0.05, 0) is 80.6 Å². The fraction of sp³-hybridized carbons (Fsp3) is 0.450. The summed E-state index contributed by atoms with van der Waals surface area (Å²) in [7, 11) is 0. The molecule has 4 rings (SSSR count). The molecule has 2 aliphatic rings. The number of rotatable bonds is 6. The fourth-order valence-corrected chi connectivity index (χ4v) is 3.37. The Morgan fingerprint density at radius 2 is 2.04 bits per heavy atom. The molecular weight excluding hydrogens is 284 g/mol. The van der Waals surface area contributed by atoms with Gasteiger partial charge >= 0.3 is 0 Å². The predicted molar refractivity (Wildman–Crippen MR) is 91.7 cm³/mol. The van der Waals surface area contributed by atoms with Crippen LogP contribution in [-0.4, -0.2) is 36.1 Å². The Bertz CT molecular complexity index is 646. The molecule has 1 aliphatic carbocycles. The molecule has 2 heterocycles. The summed E-state index contributed by atoms with van der Waals surface area (Å²) in [4.78, 5) is 6.88. The number of pyridine rings is 1. The number of benzene rings is 1. The maximum absolute atomic E-state index is 6.01. The van der Waals surface area contributed by atoms with Crippen molar-refractivity contribution in [2.24, 2.45) is 0 Å². The molecular formula is C20H23N2O. The van der Waals surface area contributed by atoms with Crippen molar-refractivity contribution in [1.29, 1.82) is 0 Å². The second-order valence-corrected chi connectivity index (χ2v) is 6.57. The molecule has 1 saturated carbocycles. The minimum Gasteiger partial charge on any atom is -0.492 e. The topological polar surface area (TPSA) is 25.4 Å². The normalized spacial score (nSPS) is 18.3. The third kappa shape index (κ3) is 3.56. The van der Waals surface area contributed by atoms with Crippen LogP contribution in [0.4, 0.5) is 0 Å². The van der Waals surface area contributed by atoms with Gasteiger partial charge in [-0.2, -0.15) is 0 Å². The SMILES string of the molecule is [c]1cccc(-c2ccc(OCCN3CCCC3)cc2C2CC2)n1. The van der Waals surface area contributed by atoms with E-state index in [0.29, 0.717) is 5.92 Å². The summed E-state index contributed by atoms with van der Waals surface area (Å²) in [6, 6.07) is 12.4. The van der Waals surface area contributed by atoms with Crippen LogP contribution in [-0.2, 0) is 0 Å². The van der Waals surface area contributed by atoms with Crippen molar-refractivity contribution in [2.75, 3.05) is 26.2 Å². The predicted octanol–water partition coefficient (Wildman–Crippen LogP) is 3.90. The zero-order valence-electron chi connectivity index (χ0n) is 13.5. The first-order valence-electron chi connectivity index (χ1n) is 8.73. The van der Waals surface area contributed by atoms with E-state index < -0.39 is 0 Å². The molecule has 1 aromatic carbocycles. The quantitative estimate of drug-likeness (QED) is 0.809. The van der Waals surface area contributed by atoms with Crippen LogP contribution in [0.2, 0.25) is 0 Å². The van der Waals surface area contributed by atoms with Crippen LogP contribution < -0.4 is 4.74 Å². The van der Waals surface area contributed by atoms with Gasteiger partial charge in [0.05, 0.1) is 11.9 Å². The van der Waals surface area contributed by atoms with Crippen LogP contribution in [0.25, 0.3) is 11.3 Å². The van der Waals surface area contributed by atoms with Crippen molar-refractivity contribution in [3.8, 4) is 17.0 Å². The van der Waals surface area contributed by atoms with Crippen molar-refractivity contribution in [3.05, 3.63) is 48.2 Å². The Labute approximate surface area is 138 Å². The Morgan fingerprint density at radius 3 is 2.78 bits per heavy atom. The lowest BCUT2D eigenvalue weighted by atomic mass is 10.00. The zero-order chi connectivity index (χ0) is 15.5. The molecule has 0 amide bonds. The van der Waals surface area contributed by atoms with Gasteiger partial charge in [-0.1, -0.05) is 6.07 Å². The molecule has 1 radical (unpaired) electrons. The number of nitrogens with zero attached hydrogens (tertiary/aromatic N) is 2. The van der Waals surface area contributed by atoms with Crippen LogP contribution in [0.5, 0.6) is 5.75 Å². The summed E-state index contributed by atoms with van der Waals surface area (Å²) in [5, 5.41) is 0. The lowest BCUT2D eigenvalue weighted by Gasteiger charge is -2.16. The maximum atomic E-state index is 6.01. The standard InChI is InChI=1S/C20H23N2O/c1-2-10-21-20(5-1)18-9-8-17(15-19(18)16-6-7-16)23-14-13-22-11-3-4-12-22/h1-2,5,8-9,15-16H,3-4,6-7,11-14H2. The molecule has 2 fully saturated rings. The Morgan fingerprint density at radius 1 is 1.17 bits per heavy atom. The molecule has 2 aromatic rings. The molecule has 0 unspecified atom stereocenters. The third-order valence-corrected chi connectivity index (χ3v) is 4.80. The highest BCUT2D eigenvalue weighted by Crippen LogP contribution is 2.45. The van der Waals surface area contributed by atoms with E-state index in [2.05, 4.69) is 40.3 Å². The summed E-state index contributed by atoms with van der Waals surface area (Å²) in [5.74, 6) is 1.67. The van der Waals surface area contributed by atoms with Gasteiger partial charge in [-0.15, -0.1) is 0 Å². The summed E-state index contributed by atoms with van der Waals surface area (Å²) >= 11 is 0. The van der Waals surface area contributed by atoms with Crippen molar-refractivity contribution >= 4 is 0 Å². The van der Waals surface area contributed by atoms with Crippen LogP contribution in [0.3, 0.4) is 0 Å². The van der Waals surface area contributed by atoms with Crippen LogP contribution in [0.15, 0.2) is 36.4 Å². The Balaban J connectivity index is 1.47. The second-order valence-electron chi connectivity index (χ2n) is 6.57. The van der Waals surface area contributed by atoms with Crippen LogP contribution >= 0.6 is 0 Å². The molecule has 1 aliphatic heterocycles. The van der Waals surface area contributed by atoms with E-state index in [9.17, 15) is 0 Å². The lowest BCUT2D eigenvalue weighted by molar-refractivity contribution is 0.237. The number of likely N-dealkylation sites (tertiary alicyclic amines) is 1. The average molecular weight is 307 g/mol. The van der Waals surface area contributed by atoms with E-state index in [-0.39, 0.29) is 0 Å². The third-order valence-electron chi connectivity index (χ3n) is 4.80. The van der Waals surface area contributed by atoms with Gasteiger partial charge in [-0.3, -0.25) is 4.90 Å². The highest BCUT2D eigenvalue weighted by molar-refractivity contribution is 5.66. The van der Waals surface area contributed by atoms with E-state index in [0.717, 1.165) is 24.6 Å². The highest BCUT2D eigenvalue weighted by Gasteiger charge is 2.27. The van der Waals surface area contributed by atoms with Crippen molar-refractivity contribution < 1.29 is 4.74 Å². The van der Waals surface area contributed by atoms with Gasteiger partial charge in [0.15, 0.2) is 0 Å². The molecule has 1 aromatic heterocycles. The first kappa shape index (κ1) is 14.7.